The highest BCUT2D eigenvalue weighted by Gasteiger charge is 2.41. The molecule has 22 nitrogen and oxygen atoms in total. The van der Waals surface area contributed by atoms with Gasteiger partial charge >= 0.3 is 0 Å². The Kier molecular flexibility index (Phi) is 33.8. The second-order valence-corrected chi connectivity index (χ2v) is 48.3. The van der Waals surface area contributed by atoms with Crippen LogP contribution in [0.1, 0.15) is 379 Å². The van der Waals surface area contributed by atoms with Crippen molar-refractivity contribution < 1.29 is 29.2 Å². The quantitative estimate of drug-likeness (QED) is 0.0601. The van der Waals surface area contributed by atoms with Gasteiger partial charge in [0, 0.05) is 60.5 Å². The van der Waals surface area contributed by atoms with Gasteiger partial charge in [-0.2, -0.15) is 0 Å². The Morgan fingerprint density at radius 1 is 0.307 bits per heavy atom. The van der Waals surface area contributed by atoms with Crippen molar-refractivity contribution in [1.29, 1.82) is 0 Å². The standard InChI is InChI=1S/C22H28N4OS.2C22H31N3OS.C21H29N3O2S.C11H11ClN2S.C11H21NO/c1-23-13-15-5-10-18-19(15)20-21(24-14-25-22(20)28-18)27-17-8-6-16(7-9-17)26-11-3-2-4-12-26;2*1-2-15-6-11-18-19(15)20-21(23-14-24-22(20)27-18)26-17-9-7-16(8-10-17)25-12-4-3-5-13-25;25-12-14-4-9-17-18(14)19-20(22-13-23-21(19)27-17)26-16-7-5-15(6-8-16)24-10-2-1-3-11-24;1-2-6-3-4-7-8(6)9-10(12)13-5-14-11(9)15-7;13-11-6-4-10(5-7-11)12-8-2-1-3-9-12/h14-17H,2-13H2;2*14-17H,2-13H2,1H3;13-16,25H,1-12H2;5-6H,2-4H2,1H3;10-11,13H,1-9H2/t3*15-,16?,17?;14-,15?,16?;6-;/m10010./s1. The summed E-state index contributed by atoms with van der Waals surface area (Å²) in [7, 11) is 0. The van der Waals surface area contributed by atoms with E-state index in [1.165, 1.54) is 347 Å². The van der Waals surface area contributed by atoms with Crippen LogP contribution < -0.4 is 18.9 Å². The largest absolute Gasteiger partial charge is 0.474 e. The molecule has 10 fully saturated rings. The van der Waals surface area contributed by atoms with Gasteiger partial charge in [0.2, 0.25) is 30.1 Å². The third-order valence-electron chi connectivity index (χ3n) is 34.4. The number of aliphatic hydroxyl groups is 2. The molecule has 137 heavy (non-hydrogen) atoms. The number of ether oxygens (including phenoxy) is 4. The van der Waals surface area contributed by atoms with Gasteiger partial charge in [-0.05, 0) is 387 Å². The Morgan fingerprint density at radius 3 is 0.810 bits per heavy atom. The van der Waals surface area contributed by atoms with E-state index in [0.717, 1.165) is 184 Å². The first-order valence-electron chi connectivity index (χ1n) is 54.5. The molecule has 5 aliphatic heterocycles. The van der Waals surface area contributed by atoms with Crippen molar-refractivity contribution in [3.8, 4) is 23.5 Å². The zero-order chi connectivity index (χ0) is 93.1. The third kappa shape index (κ3) is 22.7. The van der Waals surface area contributed by atoms with Gasteiger partial charge in [-0.15, -0.1) is 56.7 Å². The maximum atomic E-state index is 9.77. The van der Waals surface area contributed by atoms with Gasteiger partial charge in [-0.3, -0.25) is 0 Å². The smallest absolute Gasteiger partial charge is 0.225 e. The van der Waals surface area contributed by atoms with E-state index in [9.17, 15) is 10.2 Å². The first-order valence-corrected chi connectivity index (χ1v) is 58.9. The van der Waals surface area contributed by atoms with Crippen LogP contribution in [0.5, 0.6) is 23.5 Å². The zero-order valence-corrected chi connectivity index (χ0v) is 86.9. The van der Waals surface area contributed by atoms with Crippen LogP contribution in [-0.4, -0.2) is 224 Å². The van der Waals surface area contributed by atoms with Crippen LogP contribution in [0.25, 0.3) is 55.9 Å². The highest BCUT2D eigenvalue weighted by atomic mass is 35.5. The van der Waals surface area contributed by atoms with Gasteiger partial charge in [0.1, 0.15) is 85.4 Å². The molecule has 10 aromatic rings. The first-order chi connectivity index (χ1) is 67.5. The summed E-state index contributed by atoms with van der Waals surface area (Å²) in [4.78, 5) is 74.6. The third-order valence-corrected chi connectivity index (χ3v) is 40.5. The maximum absolute atomic E-state index is 9.77. The average molecular weight is 1980 g/mol. The lowest BCUT2D eigenvalue weighted by Crippen LogP contribution is -2.42. The van der Waals surface area contributed by atoms with Crippen LogP contribution in [0.2, 0.25) is 5.15 Å². The molecular formula is C109H151ClN16O6S5. The molecule has 5 saturated heterocycles. The van der Waals surface area contributed by atoms with E-state index in [1.54, 1.807) is 65.6 Å². The number of rotatable bonds is 18. The van der Waals surface area contributed by atoms with Crippen molar-refractivity contribution in [2.24, 2.45) is 0 Å². The van der Waals surface area contributed by atoms with E-state index in [2.05, 4.69) is 100.0 Å². The fourth-order valence-corrected chi connectivity index (χ4v) is 33.3. The van der Waals surface area contributed by atoms with Crippen molar-refractivity contribution >= 4 is 119 Å². The Hall–Kier alpha value is -6.10. The number of thiophene rings is 5. The van der Waals surface area contributed by atoms with Crippen molar-refractivity contribution in [2.45, 2.75) is 419 Å². The molecular weight excluding hydrogens is 1830 g/mol. The molecule has 28 heteroatoms. The fourth-order valence-electron chi connectivity index (χ4n) is 26.8. The van der Waals surface area contributed by atoms with Crippen molar-refractivity contribution in [3.63, 3.8) is 0 Å². The summed E-state index contributed by atoms with van der Waals surface area (Å²) in [6, 6.07) is 3.86. The maximum Gasteiger partial charge on any atom is 0.225 e. The summed E-state index contributed by atoms with van der Waals surface area (Å²) in [6.45, 7) is 27.9. The number of aryl methyl sites for hydroxylation is 5. The lowest BCUT2D eigenvalue weighted by atomic mass is 9.90. The summed E-state index contributed by atoms with van der Waals surface area (Å²) in [6.07, 6.45) is 69.1. The SMILES string of the molecule is CC[C@H]1CCc2sc3ncnc(Cl)c3c21.CC[C@H]1CCc2sc3ncnc(OC4CCC(N5CCCCC5)CC4)c3c21.CC[C@H]1CCc2sc3ncnc(OC4CCC(N5CCCCC5)CC4)c3c21.OC1CCC(N2CCCCC2)CC1.OC[C@H]1CCc2sc3ncnc(OC4CCC(N5CCCCC5)CC4)c3c21.[C-]#[N+]C[C@H]1CCc2sc3ncnc(OC4CCC(N5CCCCC5)CC4)c3c21. The van der Waals surface area contributed by atoms with Crippen LogP contribution in [0.15, 0.2) is 31.6 Å². The number of nitrogens with zero attached hydrogens (tertiary/aromatic N) is 16. The van der Waals surface area contributed by atoms with Crippen LogP contribution >= 0.6 is 68.3 Å². The topological polar surface area (TPSA) is 227 Å². The second kappa shape index (κ2) is 47.2. The van der Waals surface area contributed by atoms with Gasteiger partial charge in [0.15, 0.2) is 0 Å². The molecule has 25 rings (SSSR count). The summed E-state index contributed by atoms with van der Waals surface area (Å²) >= 11 is 15.2. The minimum atomic E-state index is 0.000963. The zero-order valence-electron chi connectivity index (χ0n) is 82.1. The number of hydrogen-bond donors (Lipinski definition) is 2. The molecule has 740 valence electrons. The highest BCUT2D eigenvalue weighted by Crippen LogP contribution is 2.53. The molecule has 10 aliphatic carbocycles. The van der Waals surface area contributed by atoms with E-state index in [-0.39, 0.29) is 30.8 Å². The molecule has 2 N–H and O–H groups in total. The van der Waals surface area contributed by atoms with Gasteiger partial charge in [0.25, 0.3) is 0 Å². The molecule has 10 aromatic heterocycles. The molecule has 5 atom stereocenters. The number of piperidine rings is 5. The van der Waals surface area contributed by atoms with E-state index in [4.69, 9.17) is 37.1 Å². The molecule has 0 radical (unpaired) electrons. The predicted molar refractivity (Wildman–Crippen MR) is 559 cm³/mol. The average Bonchev–Trinajstić information content (AvgIpc) is 1.64. The van der Waals surface area contributed by atoms with Crippen LogP contribution in [0, 0.1) is 6.57 Å². The Morgan fingerprint density at radius 2 is 0.540 bits per heavy atom. The first kappa shape index (κ1) is 98.3. The summed E-state index contributed by atoms with van der Waals surface area (Å²) < 4.78 is 25.9. The minimum Gasteiger partial charge on any atom is -0.474 e. The number of aromatic nitrogens is 10. The number of hydrogen-bond acceptors (Lipinski definition) is 26. The lowest BCUT2D eigenvalue weighted by molar-refractivity contribution is 0.0649. The van der Waals surface area contributed by atoms with Crippen molar-refractivity contribution in [3.05, 3.63) is 100 Å². The molecule has 0 aromatic carbocycles. The molecule has 0 amide bonds. The fraction of sp³-hybridized carbons (Fsp3) is 0.716. The highest BCUT2D eigenvalue weighted by molar-refractivity contribution is 7.20. The lowest BCUT2D eigenvalue weighted by Gasteiger charge is -2.38. The summed E-state index contributed by atoms with van der Waals surface area (Å²) in [5.74, 6) is 5.77. The Balaban J connectivity index is 0.000000103. The summed E-state index contributed by atoms with van der Waals surface area (Å²) in [5, 5.41) is 25.6. The van der Waals surface area contributed by atoms with Crippen molar-refractivity contribution in [1.82, 2.24) is 74.3 Å². The monoisotopic (exact) mass is 1980 g/mol. The van der Waals surface area contributed by atoms with Gasteiger partial charge in [0.05, 0.1) is 45.6 Å². The minimum absolute atomic E-state index is 0.000963. The van der Waals surface area contributed by atoms with E-state index < -0.39 is 0 Å². The second-order valence-electron chi connectivity index (χ2n) is 42.5. The van der Waals surface area contributed by atoms with Crippen LogP contribution in [0.4, 0.5) is 0 Å². The Labute approximate surface area is 838 Å². The number of fused-ring (bicyclic) bond motifs is 15. The molecule has 15 aliphatic rings. The van der Waals surface area contributed by atoms with Gasteiger partial charge < -0.3 is 58.5 Å². The Bertz CT molecular complexity index is 5290. The number of halogens is 1. The summed E-state index contributed by atoms with van der Waals surface area (Å²) in [5.41, 5.74) is 7.03. The van der Waals surface area contributed by atoms with E-state index in [0.29, 0.717) is 47.6 Å². The molecule has 0 unspecified atom stereocenters. The normalized spacial score (nSPS) is 28.7. The molecule has 15 heterocycles. The number of aliphatic hydroxyl groups excluding tert-OH is 2. The van der Waals surface area contributed by atoms with E-state index in [1.807, 2.05) is 22.7 Å². The molecule has 0 spiro atoms. The van der Waals surface area contributed by atoms with Crippen LogP contribution in [0.3, 0.4) is 0 Å². The molecule has 5 saturated carbocycles. The van der Waals surface area contributed by atoms with Gasteiger partial charge in [-0.1, -0.05) is 64.5 Å². The number of likely N-dealkylation sites (tertiary alicyclic amines) is 5. The molecule has 0 bridgehead atoms. The van der Waals surface area contributed by atoms with Crippen LogP contribution in [-0.2, 0) is 32.1 Å². The van der Waals surface area contributed by atoms with Gasteiger partial charge in [-0.25, -0.2) is 56.4 Å². The van der Waals surface area contributed by atoms with E-state index >= 15 is 0 Å². The predicted octanol–water partition coefficient (Wildman–Crippen LogP) is 24.9. The van der Waals surface area contributed by atoms with Crippen molar-refractivity contribution in [2.75, 3.05) is 78.6 Å².